The van der Waals surface area contributed by atoms with Gasteiger partial charge in [0.1, 0.15) is 0 Å². The van der Waals surface area contributed by atoms with E-state index in [-0.39, 0.29) is 24.0 Å². The number of aromatic nitrogens is 1. The van der Waals surface area contributed by atoms with Crippen molar-refractivity contribution < 1.29 is 0 Å². The van der Waals surface area contributed by atoms with Crippen molar-refractivity contribution in [3.8, 4) is 0 Å². The number of nitrogens with zero attached hydrogens (tertiary/aromatic N) is 4. The van der Waals surface area contributed by atoms with E-state index >= 15 is 0 Å². The van der Waals surface area contributed by atoms with Gasteiger partial charge in [-0.15, -0.1) is 35.3 Å². The maximum absolute atomic E-state index is 6.03. The molecule has 2 heterocycles. The Bertz CT molecular complexity index is 391. The molecule has 0 unspecified atom stereocenters. The lowest BCUT2D eigenvalue weighted by atomic mass is 10.3. The maximum Gasteiger partial charge on any atom is 0.191 e. The van der Waals surface area contributed by atoms with Crippen LogP contribution in [0.3, 0.4) is 0 Å². The van der Waals surface area contributed by atoms with Crippen LogP contribution in [0, 0.1) is 0 Å². The van der Waals surface area contributed by atoms with E-state index in [9.17, 15) is 0 Å². The number of rotatable bonds is 5. The van der Waals surface area contributed by atoms with Gasteiger partial charge >= 0.3 is 0 Å². The zero-order chi connectivity index (χ0) is 13.5. The number of aliphatic imine (C=N–C) groups is 1. The second kappa shape index (κ2) is 9.67. The van der Waals surface area contributed by atoms with Gasteiger partial charge in [-0.25, -0.2) is 4.98 Å². The van der Waals surface area contributed by atoms with Crippen LogP contribution in [-0.2, 0) is 0 Å². The average Bonchev–Trinajstić information content (AvgIpc) is 2.98. The number of hydrogen-bond acceptors (Lipinski definition) is 5. The number of halogens is 1. The summed E-state index contributed by atoms with van der Waals surface area (Å²) in [6, 6.07) is 0. The molecule has 1 aromatic rings. The zero-order valence-electron chi connectivity index (χ0n) is 11.7. The van der Waals surface area contributed by atoms with E-state index in [2.05, 4.69) is 26.0 Å². The third-order valence-corrected chi connectivity index (χ3v) is 4.60. The monoisotopic (exact) mass is 427 g/mol. The molecule has 0 saturated carbocycles. The van der Waals surface area contributed by atoms with E-state index < -0.39 is 0 Å². The van der Waals surface area contributed by atoms with Crippen molar-refractivity contribution in [2.24, 2.45) is 10.7 Å². The normalized spacial score (nSPS) is 16.1. The fraction of sp³-hybridized carbons (Fsp3) is 0.667. The van der Waals surface area contributed by atoms with Gasteiger partial charge in [-0.3, -0.25) is 4.99 Å². The quantitative estimate of drug-likeness (QED) is 0.337. The predicted molar refractivity (Wildman–Crippen MR) is 101 cm³/mol. The van der Waals surface area contributed by atoms with Gasteiger partial charge in [0.05, 0.1) is 0 Å². The molecule has 20 heavy (non-hydrogen) atoms. The summed E-state index contributed by atoms with van der Waals surface area (Å²) in [5.74, 6) is 1.84. The minimum atomic E-state index is 0. The Kier molecular flexibility index (Phi) is 8.62. The molecule has 0 atom stereocenters. The van der Waals surface area contributed by atoms with Gasteiger partial charge < -0.3 is 15.5 Å². The molecular formula is C12H22IN5S2. The van der Waals surface area contributed by atoms with Crippen LogP contribution < -0.4 is 10.6 Å². The van der Waals surface area contributed by atoms with Gasteiger partial charge in [-0.05, 0) is 18.4 Å². The highest BCUT2D eigenvalue weighted by molar-refractivity contribution is 14.0. The molecule has 0 aromatic carbocycles. The number of thioether (sulfide) groups is 1. The van der Waals surface area contributed by atoms with Crippen LogP contribution in [0.2, 0.25) is 0 Å². The Hall–Kier alpha value is -0.220. The molecule has 2 N–H and O–H groups in total. The van der Waals surface area contributed by atoms with Crippen molar-refractivity contribution in [2.75, 3.05) is 49.6 Å². The van der Waals surface area contributed by atoms with E-state index in [0.29, 0.717) is 5.96 Å². The molecule has 0 bridgehead atoms. The Morgan fingerprint density at radius 3 is 2.80 bits per heavy atom. The predicted octanol–water partition coefficient (Wildman–Crippen LogP) is 1.95. The van der Waals surface area contributed by atoms with Gasteiger partial charge in [-0.1, -0.05) is 0 Å². The maximum atomic E-state index is 6.03. The molecule has 2 rings (SSSR count). The van der Waals surface area contributed by atoms with Crippen LogP contribution >= 0.6 is 47.1 Å². The lowest BCUT2D eigenvalue weighted by molar-refractivity contribution is 0.380. The van der Waals surface area contributed by atoms with Crippen LogP contribution in [0.5, 0.6) is 0 Å². The number of anilines is 1. The summed E-state index contributed by atoms with van der Waals surface area (Å²) in [5, 5.41) is 3.12. The van der Waals surface area contributed by atoms with Crippen molar-refractivity contribution in [1.29, 1.82) is 0 Å². The van der Waals surface area contributed by atoms with Gasteiger partial charge in [0.25, 0.3) is 0 Å². The highest BCUT2D eigenvalue weighted by atomic mass is 127. The fourth-order valence-electron chi connectivity index (χ4n) is 2.00. The first kappa shape index (κ1) is 17.8. The molecule has 1 aromatic heterocycles. The van der Waals surface area contributed by atoms with Crippen molar-refractivity contribution in [3.05, 3.63) is 11.6 Å². The lowest BCUT2D eigenvalue weighted by Gasteiger charge is -2.35. The number of piperazine rings is 1. The summed E-state index contributed by atoms with van der Waals surface area (Å²) in [4.78, 5) is 13.3. The summed E-state index contributed by atoms with van der Waals surface area (Å²) in [7, 11) is 0. The summed E-state index contributed by atoms with van der Waals surface area (Å²) in [6.45, 7) is 4.62. The smallest absolute Gasteiger partial charge is 0.191 e. The Morgan fingerprint density at radius 2 is 2.20 bits per heavy atom. The van der Waals surface area contributed by atoms with Gasteiger partial charge in [0, 0.05) is 44.3 Å². The second-order valence-corrected chi connectivity index (χ2v) is 6.23. The highest BCUT2D eigenvalue weighted by Gasteiger charge is 2.19. The Morgan fingerprint density at radius 1 is 1.45 bits per heavy atom. The molecule has 0 aliphatic carbocycles. The third kappa shape index (κ3) is 5.28. The molecule has 114 valence electrons. The number of nitrogens with two attached hydrogens (primary N) is 1. The molecular weight excluding hydrogens is 405 g/mol. The molecule has 1 aliphatic heterocycles. The van der Waals surface area contributed by atoms with Crippen molar-refractivity contribution in [3.63, 3.8) is 0 Å². The lowest BCUT2D eigenvalue weighted by Crippen LogP contribution is -2.51. The van der Waals surface area contributed by atoms with E-state index in [1.807, 2.05) is 23.3 Å². The summed E-state index contributed by atoms with van der Waals surface area (Å²) < 4.78 is 0. The van der Waals surface area contributed by atoms with Crippen LogP contribution in [-0.4, -0.2) is 60.6 Å². The van der Waals surface area contributed by atoms with E-state index in [1.165, 1.54) is 0 Å². The molecule has 8 heteroatoms. The molecule has 1 aliphatic rings. The molecule has 5 nitrogen and oxygen atoms in total. The zero-order valence-corrected chi connectivity index (χ0v) is 15.7. The second-order valence-electron chi connectivity index (χ2n) is 4.38. The topological polar surface area (TPSA) is 57.8 Å². The summed E-state index contributed by atoms with van der Waals surface area (Å²) >= 11 is 3.54. The van der Waals surface area contributed by atoms with E-state index in [0.717, 1.165) is 50.0 Å². The van der Waals surface area contributed by atoms with Gasteiger partial charge in [0.2, 0.25) is 0 Å². The first-order chi connectivity index (χ1) is 9.31. The molecule has 1 fully saturated rings. The van der Waals surface area contributed by atoms with Crippen LogP contribution in [0.25, 0.3) is 0 Å². The van der Waals surface area contributed by atoms with E-state index in [4.69, 9.17) is 5.73 Å². The van der Waals surface area contributed by atoms with Crippen LogP contribution in [0.1, 0.15) is 6.42 Å². The minimum absolute atomic E-state index is 0. The summed E-state index contributed by atoms with van der Waals surface area (Å²) in [6.07, 6.45) is 5.07. The fourth-order valence-corrected chi connectivity index (χ4v) is 3.12. The standard InChI is InChI=1S/C12H21N5S2.HI/c1-18-9-2-3-14-11(13)16-5-7-17(8-6-16)12-15-4-10-19-12;/h4,10H,2-3,5-9H2,1H3,(H2,13,14);1H. The van der Waals surface area contributed by atoms with Crippen molar-refractivity contribution >= 4 is 58.2 Å². The minimum Gasteiger partial charge on any atom is -0.370 e. The van der Waals surface area contributed by atoms with Crippen molar-refractivity contribution in [1.82, 2.24) is 9.88 Å². The first-order valence-electron chi connectivity index (χ1n) is 6.49. The molecule has 0 radical (unpaired) electrons. The van der Waals surface area contributed by atoms with Crippen molar-refractivity contribution in [2.45, 2.75) is 6.42 Å². The largest absolute Gasteiger partial charge is 0.370 e. The number of hydrogen-bond donors (Lipinski definition) is 1. The van der Waals surface area contributed by atoms with Crippen LogP contribution in [0.4, 0.5) is 5.13 Å². The SMILES string of the molecule is CSCCCN=C(N)N1CCN(c2nccs2)CC1.I. The molecule has 1 saturated heterocycles. The van der Waals surface area contributed by atoms with E-state index in [1.54, 1.807) is 11.3 Å². The molecule has 0 spiro atoms. The third-order valence-electron chi connectivity index (χ3n) is 3.07. The summed E-state index contributed by atoms with van der Waals surface area (Å²) in [5.41, 5.74) is 6.03. The number of guanidine groups is 1. The first-order valence-corrected chi connectivity index (χ1v) is 8.77. The van der Waals surface area contributed by atoms with Crippen LogP contribution in [0.15, 0.2) is 16.6 Å². The Labute approximate surface area is 146 Å². The van der Waals surface area contributed by atoms with Gasteiger partial charge in [0.15, 0.2) is 11.1 Å². The highest BCUT2D eigenvalue weighted by Crippen LogP contribution is 2.18. The average molecular weight is 427 g/mol. The molecule has 0 amide bonds. The van der Waals surface area contributed by atoms with Gasteiger partial charge in [-0.2, -0.15) is 11.8 Å². The number of thiazole rings is 1. The Balaban J connectivity index is 0.00000200.